The van der Waals surface area contributed by atoms with Gasteiger partial charge in [0.05, 0.1) is 35.6 Å². The van der Waals surface area contributed by atoms with E-state index >= 15 is 0 Å². The van der Waals surface area contributed by atoms with Crippen LogP contribution in [0.15, 0.2) is 93.9 Å². The average Bonchev–Trinajstić information content (AvgIpc) is 3.26. The number of hydrogen-bond donors (Lipinski definition) is 0. The van der Waals surface area contributed by atoms with E-state index in [9.17, 15) is 9.59 Å². The quantitative estimate of drug-likeness (QED) is 0.276. The fraction of sp³-hybridized carbons (Fsp3) is 0.194. The Balaban J connectivity index is 1.49. The lowest BCUT2D eigenvalue weighted by molar-refractivity contribution is -0.139. The van der Waals surface area contributed by atoms with Crippen molar-refractivity contribution >= 4 is 35.0 Å². The monoisotopic (exact) mass is 574 g/mol. The standard InChI is InChI=1S/C31H27ClN2O5S/c1-4-38-30(36)27-19(2)33-31-34(28(27)22-9-15-24(37-3)16-10-22)29(35)26(40-31)17-20-7-13-25(14-8-20)39-18-21-5-11-23(32)12-6-21/h5-17,28H,4,18H2,1-3H3/b26-17+/t28-/m0/s1. The molecular formula is C31H27ClN2O5S. The van der Waals surface area contributed by atoms with Gasteiger partial charge in [-0.3, -0.25) is 9.36 Å². The summed E-state index contributed by atoms with van der Waals surface area (Å²) in [5, 5.41) is 0.681. The maximum atomic E-state index is 13.8. The van der Waals surface area contributed by atoms with Gasteiger partial charge in [0, 0.05) is 5.02 Å². The highest BCUT2D eigenvalue weighted by atomic mass is 35.5. The average molecular weight is 575 g/mol. The minimum Gasteiger partial charge on any atom is -0.497 e. The zero-order valence-corrected chi connectivity index (χ0v) is 23.8. The van der Waals surface area contributed by atoms with Crippen molar-refractivity contribution in [3.05, 3.63) is 125 Å². The highest BCUT2D eigenvalue weighted by Crippen LogP contribution is 2.31. The molecule has 0 aliphatic carbocycles. The number of ether oxygens (including phenoxy) is 3. The van der Waals surface area contributed by atoms with Crippen LogP contribution < -0.4 is 24.4 Å². The molecule has 1 aliphatic heterocycles. The number of fused-ring (bicyclic) bond motifs is 1. The molecule has 40 heavy (non-hydrogen) atoms. The van der Waals surface area contributed by atoms with Crippen LogP contribution in [0.2, 0.25) is 5.02 Å². The number of benzene rings is 3. The van der Waals surface area contributed by atoms with Gasteiger partial charge in [-0.05, 0) is 73.0 Å². The minimum atomic E-state index is -0.674. The number of nitrogens with zero attached hydrogens (tertiary/aromatic N) is 2. The second-order valence-electron chi connectivity index (χ2n) is 9.06. The number of thiazole rings is 1. The zero-order valence-electron chi connectivity index (χ0n) is 22.2. The molecule has 9 heteroatoms. The van der Waals surface area contributed by atoms with Crippen molar-refractivity contribution in [1.82, 2.24) is 4.57 Å². The van der Waals surface area contributed by atoms with Crippen LogP contribution in [0, 0.1) is 0 Å². The second kappa shape index (κ2) is 11.9. The number of esters is 1. The molecule has 5 rings (SSSR count). The number of halogens is 1. The molecule has 0 saturated carbocycles. The zero-order chi connectivity index (χ0) is 28.2. The molecule has 0 saturated heterocycles. The maximum Gasteiger partial charge on any atom is 0.338 e. The second-order valence-corrected chi connectivity index (χ2v) is 10.5. The van der Waals surface area contributed by atoms with Crippen molar-refractivity contribution in [3.8, 4) is 11.5 Å². The summed E-state index contributed by atoms with van der Waals surface area (Å²) in [6.07, 6.45) is 1.82. The molecular weight excluding hydrogens is 548 g/mol. The molecule has 2 heterocycles. The van der Waals surface area contributed by atoms with Crippen molar-refractivity contribution < 1.29 is 19.0 Å². The summed E-state index contributed by atoms with van der Waals surface area (Å²) in [6, 6.07) is 21.6. The molecule has 0 N–H and O–H groups in total. The normalized spacial score (nSPS) is 14.9. The number of hydrogen-bond acceptors (Lipinski definition) is 7. The van der Waals surface area contributed by atoms with E-state index in [2.05, 4.69) is 4.99 Å². The Morgan fingerprint density at radius 2 is 1.70 bits per heavy atom. The number of carbonyl (C=O) groups is 1. The van der Waals surface area contributed by atoms with E-state index in [4.69, 9.17) is 25.8 Å². The Kier molecular flexibility index (Phi) is 8.19. The molecule has 4 aromatic rings. The molecule has 7 nitrogen and oxygen atoms in total. The Hall–Kier alpha value is -4.14. The van der Waals surface area contributed by atoms with Gasteiger partial charge in [0.2, 0.25) is 0 Å². The summed E-state index contributed by atoms with van der Waals surface area (Å²) < 4.78 is 18.6. The predicted molar refractivity (Wildman–Crippen MR) is 156 cm³/mol. The highest BCUT2D eigenvalue weighted by Gasteiger charge is 2.33. The van der Waals surface area contributed by atoms with E-state index in [-0.39, 0.29) is 12.2 Å². The molecule has 0 bridgehead atoms. The first-order valence-corrected chi connectivity index (χ1v) is 13.9. The van der Waals surface area contributed by atoms with Gasteiger partial charge in [-0.25, -0.2) is 9.79 Å². The summed E-state index contributed by atoms with van der Waals surface area (Å²) in [7, 11) is 1.59. The Morgan fingerprint density at radius 3 is 2.35 bits per heavy atom. The van der Waals surface area contributed by atoms with Gasteiger partial charge in [0.25, 0.3) is 5.56 Å². The topological polar surface area (TPSA) is 79.1 Å². The van der Waals surface area contributed by atoms with Gasteiger partial charge in [0.15, 0.2) is 4.80 Å². The molecule has 1 aromatic heterocycles. The number of methoxy groups -OCH3 is 1. The Labute approximate surface area is 240 Å². The largest absolute Gasteiger partial charge is 0.497 e. The third kappa shape index (κ3) is 5.73. The third-order valence-corrected chi connectivity index (χ3v) is 7.68. The van der Waals surface area contributed by atoms with E-state index < -0.39 is 12.0 Å². The summed E-state index contributed by atoms with van der Waals surface area (Å²) >= 11 is 7.23. The lowest BCUT2D eigenvalue weighted by Gasteiger charge is -2.24. The number of rotatable bonds is 8. The fourth-order valence-corrected chi connectivity index (χ4v) is 5.62. The molecule has 0 spiro atoms. The smallest absolute Gasteiger partial charge is 0.338 e. The van der Waals surface area contributed by atoms with Crippen LogP contribution in [0.5, 0.6) is 11.5 Å². The van der Waals surface area contributed by atoms with Gasteiger partial charge < -0.3 is 14.2 Å². The fourth-order valence-electron chi connectivity index (χ4n) is 4.45. The van der Waals surface area contributed by atoms with Crippen molar-refractivity contribution in [2.45, 2.75) is 26.5 Å². The molecule has 0 fully saturated rings. The van der Waals surface area contributed by atoms with Crippen LogP contribution in [0.25, 0.3) is 6.08 Å². The molecule has 1 atom stereocenters. The van der Waals surface area contributed by atoms with Crippen LogP contribution in [-0.4, -0.2) is 24.3 Å². The van der Waals surface area contributed by atoms with Gasteiger partial charge >= 0.3 is 5.97 Å². The third-order valence-electron chi connectivity index (χ3n) is 6.45. The van der Waals surface area contributed by atoms with E-state index in [1.54, 1.807) is 37.7 Å². The lowest BCUT2D eigenvalue weighted by atomic mass is 9.96. The molecule has 1 aliphatic rings. The predicted octanol–water partition coefficient (Wildman–Crippen LogP) is 5.04. The van der Waals surface area contributed by atoms with Crippen molar-refractivity contribution in [3.63, 3.8) is 0 Å². The number of aromatic nitrogens is 1. The first-order valence-electron chi connectivity index (χ1n) is 12.7. The SMILES string of the molecule is CCOC(=O)C1=C(C)N=c2s/c(=C/c3ccc(OCc4ccc(Cl)cc4)cc3)c(=O)n2[C@H]1c1ccc(OC)cc1. The Morgan fingerprint density at radius 1 is 1.02 bits per heavy atom. The van der Waals surface area contributed by atoms with Crippen LogP contribution in [0.3, 0.4) is 0 Å². The lowest BCUT2D eigenvalue weighted by Crippen LogP contribution is -2.39. The summed E-state index contributed by atoms with van der Waals surface area (Å²) in [6.45, 7) is 4.15. The summed E-state index contributed by atoms with van der Waals surface area (Å²) in [5.74, 6) is 0.894. The van der Waals surface area contributed by atoms with Gasteiger partial charge in [-0.15, -0.1) is 0 Å². The Bertz CT molecular complexity index is 1740. The van der Waals surface area contributed by atoms with Crippen LogP contribution in [0.1, 0.15) is 36.6 Å². The highest BCUT2D eigenvalue weighted by molar-refractivity contribution is 7.07. The first-order chi connectivity index (χ1) is 19.4. The van der Waals surface area contributed by atoms with Gasteiger partial charge in [0.1, 0.15) is 18.1 Å². The number of carbonyl (C=O) groups excluding carboxylic acids is 1. The molecule has 3 aromatic carbocycles. The maximum absolute atomic E-state index is 13.8. The van der Waals surface area contributed by atoms with Crippen LogP contribution >= 0.6 is 22.9 Å². The summed E-state index contributed by atoms with van der Waals surface area (Å²) in [5.41, 5.74) is 3.24. The van der Waals surface area contributed by atoms with Crippen LogP contribution in [0.4, 0.5) is 0 Å². The van der Waals surface area contributed by atoms with Crippen molar-refractivity contribution in [2.75, 3.05) is 13.7 Å². The molecule has 204 valence electrons. The van der Waals surface area contributed by atoms with Gasteiger partial charge in [-0.2, -0.15) is 0 Å². The van der Waals surface area contributed by atoms with E-state index in [0.29, 0.717) is 43.7 Å². The van der Waals surface area contributed by atoms with E-state index in [1.165, 1.54) is 11.3 Å². The number of allylic oxidation sites excluding steroid dienone is 1. The first kappa shape index (κ1) is 27.4. The molecule has 0 unspecified atom stereocenters. The molecule has 0 amide bonds. The van der Waals surface area contributed by atoms with Gasteiger partial charge in [-0.1, -0.05) is 59.3 Å². The molecule has 0 radical (unpaired) electrons. The van der Waals surface area contributed by atoms with Crippen molar-refractivity contribution in [1.29, 1.82) is 0 Å². The van der Waals surface area contributed by atoms with Crippen molar-refractivity contribution in [2.24, 2.45) is 4.99 Å². The minimum absolute atomic E-state index is 0.217. The van der Waals surface area contributed by atoms with E-state index in [0.717, 1.165) is 16.7 Å². The van der Waals surface area contributed by atoms with Crippen LogP contribution in [-0.2, 0) is 16.1 Å². The summed E-state index contributed by atoms with van der Waals surface area (Å²) in [4.78, 5) is 31.9. The van der Waals surface area contributed by atoms with E-state index in [1.807, 2.05) is 66.7 Å².